The van der Waals surface area contributed by atoms with Gasteiger partial charge in [0, 0.05) is 68.9 Å². The van der Waals surface area contributed by atoms with Crippen molar-refractivity contribution in [3.05, 3.63) is 136 Å². The van der Waals surface area contributed by atoms with Gasteiger partial charge in [-0.3, -0.25) is 15.1 Å². The Hall–Kier alpha value is -4.90. The summed E-state index contributed by atoms with van der Waals surface area (Å²) in [5.74, 6) is 0.476. The number of ether oxygens (including phenoxy) is 1. The number of hydrogen-bond acceptors (Lipinski definition) is 6. The summed E-state index contributed by atoms with van der Waals surface area (Å²) in [6, 6.07) is 27.9. The lowest BCUT2D eigenvalue weighted by atomic mass is 10.1. The number of aromatic nitrogens is 2. The Morgan fingerprint density at radius 3 is 2.27 bits per heavy atom. The fourth-order valence-corrected chi connectivity index (χ4v) is 6.35. The van der Waals surface area contributed by atoms with Crippen LogP contribution in [0.3, 0.4) is 0 Å². The lowest BCUT2D eigenvalue weighted by molar-refractivity contribution is 0.0369. The van der Waals surface area contributed by atoms with Crippen LogP contribution in [0.1, 0.15) is 50.4 Å². The normalized spacial score (nSPS) is 13.5. The van der Waals surface area contributed by atoms with E-state index < -0.39 is 0 Å². The number of carbonyl (C=O) groups excluding carboxylic acids is 1. The number of nitrogen functional groups attached to an aromatic ring is 1. The SMILES string of the molecule is N=C(N)c1ccc(CCc2nc3cc(C(=O)N(Cc4ccc(CN)cc4)Cc4ccccc4F)ccc3n2CCCN2CCOCC2)cc1. The minimum Gasteiger partial charge on any atom is -0.384 e. The maximum absolute atomic E-state index is 14.8. The molecule has 0 aliphatic carbocycles. The van der Waals surface area contributed by atoms with Gasteiger partial charge in [0.2, 0.25) is 0 Å². The molecule has 254 valence electrons. The van der Waals surface area contributed by atoms with Crippen molar-refractivity contribution in [2.75, 3.05) is 32.8 Å². The molecule has 1 aliphatic heterocycles. The quantitative estimate of drug-likeness (QED) is 0.110. The first-order valence-electron chi connectivity index (χ1n) is 16.9. The Bertz CT molecular complexity index is 1880. The number of rotatable bonds is 14. The lowest BCUT2D eigenvalue weighted by Crippen LogP contribution is -2.37. The number of carbonyl (C=O) groups is 1. The number of morpholine rings is 1. The standard InChI is InChI=1S/C39H44FN7O2/c40-34-5-2-1-4-33(34)27-46(26-30-8-6-29(25-41)7-9-30)39(48)32-15-16-36-35(24-32)44-37(17-12-28-10-13-31(14-11-28)38(42)43)47(36)19-3-18-45-20-22-49-23-21-45/h1-2,4-11,13-16,24H,3,12,17-23,25-27,41H2,(H3,42,43). The third-order valence-corrected chi connectivity index (χ3v) is 9.17. The lowest BCUT2D eigenvalue weighted by Gasteiger charge is -2.26. The van der Waals surface area contributed by atoms with Crippen molar-refractivity contribution in [1.82, 2.24) is 19.4 Å². The van der Waals surface area contributed by atoms with Gasteiger partial charge in [0.25, 0.3) is 5.91 Å². The van der Waals surface area contributed by atoms with E-state index in [0.29, 0.717) is 36.2 Å². The van der Waals surface area contributed by atoms with Crippen LogP contribution in [-0.4, -0.2) is 63.9 Å². The summed E-state index contributed by atoms with van der Waals surface area (Å²) in [6.45, 7) is 6.09. The highest BCUT2D eigenvalue weighted by Gasteiger charge is 2.21. The minimum absolute atomic E-state index is 0.0518. The van der Waals surface area contributed by atoms with E-state index in [1.54, 1.807) is 23.1 Å². The van der Waals surface area contributed by atoms with Gasteiger partial charge in [-0.05, 0) is 53.8 Å². The molecule has 0 bridgehead atoms. The van der Waals surface area contributed by atoms with Crippen LogP contribution in [0.15, 0.2) is 91.0 Å². The summed E-state index contributed by atoms with van der Waals surface area (Å²) in [5, 5.41) is 7.69. The summed E-state index contributed by atoms with van der Waals surface area (Å²) in [7, 11) is 0. The summed E-state index contributed by atoms with van der Waals surface area (Å²) >= 11 is 0. The highest BCUT2D eigenvalue weighted by Crippen LogP contribution is 2.23. The number of nitrogens with zero attached hydrogens (tertiary/aromatic N) is 4. The third kappa shape index (κ3) is 8.58. The van der Waals surface area contributed by atoms with Crippen LogP contribution in [0.25, 0.3) is 11.0 Å². The number of halogens is 1. The zero-order valence-electron chi connectivity index (χ0n) is 27.8. The molecular weight excluding hydrogens is 617 g/mol. The largest absolute Gasteiger partial charge is 0.384 e. The molecule has 0 unspecified atom stereocenters. The van der Waals surface area contributed by atoms with E-state index in [2.05, 4.69) is 9.47 Å². The van der Waals surface area contributed by atoms with Crippen molar-refractivity contribution >= 4 is 22.8 Å². The van der Waals surface area contributed by atoms with Gasteiger partial charge < -0.3 is 25.7 Å². The monoisotopic (exact) mass is 661 g/mol. The van der Waals surface area contributed by atoms with E-state index in [-0.39, 0.29) is 24.1 Å². The predicted molar refractivity (Wildman–Crippen MR) is 191 cm³/mol. The van der Waals surface area contributed by atoms with Crippen LogP contribution < -0.4 is 11.5 Å². The Kier molecular flexibility index (Phi) is 11.1. The molecule has 1 aromatic heterocycles. The number of amidine groups is 1. The number of imidazole rings is 1. The van der Waals surface area contributed by atoms with Gasteiger partial charge in [0.05, 0.1) is 24.2 Å². The molecule has 5 N–H and O–H groups in total. The number of benzene rings is 4. The molecule has 9 nitrogen and oxygen atoms in total. The van der Waals surface area contributed by atoms with E-state index >= 15 is 0 Å². The number of amides is 1. The van der Waals surface area contributed by atoms with Crippen molar-refractivity contribution in [3.63, 3.8) is 0 Å². The highest BCUT2D eigenvalue weighted by molar-refractivity contribution is 5.97. The van der Waals surface area contributed by atoms with E-state index in [4.69, 9.17) is 26.6 Å². The molecule has 0 saturated carbocycles. The van der Waals surface area contributed by atoms with Gasteiger partial charge in [0.15, 0.2) is 0 Å². The number of fused-ring (bicyclic) bond motifs is 1. The van der Waals surface area contributed by atoms with Gasteiger partial charge in [-0.2, -0.15) is 0 Å². The van der Waals surface area contributed by atoms with Crippen molar-refractivity contribution in [2.45, 2.75) is 45.4 Å². The van der Waals surface area contributed by atoms with E-state index in [0.717, 1.165) is 85.8 Å². The maximum Gasteiger partial charge on any atom is 0.254 e. The summed E-state index contributed by atoms with van der Waals surface area (Å²) < 4.78 is 22.6. The average molecular weight is 662 g/mol. The molecule has 0 spiro atoms. The molecule has 1 saturated heterocycles. The Morgan fingerprint density at radius 2 is 1.55 bits per heavy atom. The summed E-state index contributed by atoms with van der Waals surface area (Å²) in [5.41, 5.74) is 17.9. The molecule has 1 amide bonds. The van der Waals surface area contributed by atoms with Crippen LogP contribution in [0.2, 0.25) is 0 Å². The number of nitrogens with two attached hydrogens (primary N) is 2. The predicted octanol–water partition coefficient (Wildman–Crippen LogP) is 5.27. The second-order valence-corrected chi connectivity index (χ2v) is 12.6. The molecule has 0 atom stereocenters. The second-order valence-electron chi connectivity index (χ2n) is 12.6. The summed E-state index contributed by atoms with van der Waals surface area (Å²) in [4.78, 5) is 23.4. The molecular formula is C39H44FN7O2. The van der Waals surface area contributed by atoms with Gasteiger partial charge in [-0.1, -0.05) is 66.7 Å². The zero-order valence-corrected chi connectivity index (χ0v) is 27.8. The van der Waals surface area contributed by atoms with Gasteiger partial charge in [-0.25, -0.2) is 9.37 Å². The third-order valence-electron chi connectivity index (χ3n) is 9.17. The summed E-state index contributed by atoms with van der Waals surface area (Å²) in [6.07, 6.45) is 2.45. The molecule has 6 rings (SSSR count). The highest BCUT2D eigenvalue weighted by atomic mass is 19.1. The van der Waals surface area contributed by atoms with Gasteiger partial charge in [-0.15, -0.1) is 0 Å². The molecule has 49 heavy (non-hydrogen) atoms. The molecule has 0 radical (unpaired) electrons. The van der Waals surface area contributed by atoms with Crippen LogP contribution in [0.5, 0.6) is 0 Å². The minimum atomic E-state index is -0.342. The fourth-order valence-electron chi connectivity index (χ4n) is 6.35. The Balaban J connectivity index is 1.27. The van der Waals surface area contributed by atoms with Crippen LogP contribution in [0, 0.1) is 11.2 Å². The molecule has 5 aromatic rings. The fraction of sp³-hybridized carbons (Fsp3) is 0.308. The number of aryl methyl sites for hydroxylation is 3. The Labute approximate surface area is 286 Å². The van der Waals surface area contributed by atoms with Crippen molar-refractivity contribution < 1.29 is 13.9 Å². The first-order valence-corrected chi connectivity index (χ1v) is 16.9. The van der Waals surface area contributed by atoms with Crippen molar-refractivity contribution in [2.24, 2.45) is 11.5 Å². The molecule has 4 aromatic carbocycles. The van der Waals surface area contributed by atoms with Crippen LogP contribution in [0.4, 0.5) is 4.39 Å². The number of hydrogen-bond donors (Lipinski definition) is 3. The van der Waals surface area contributed by atoms with E-state index in [1.165, 1.54) is 6.07 Å². The molecule has 10 heteroatoms. The number of nitrogens with one attached hydrogen (secondary N) is 1. The Morgan fingerprint density at radius 1 is 0.857 bits per heavy atom. The first-order chi connectivity index (χ1) is 23.9. The average Bonchev–Trinajstić information content (AvgIpc) is 3.48. The second kappa shape index (κ2) is 16.0. The van der Waals surface area contributed by atoms with Crippen LogP contribution in [-0.2, 0) is 43.8 Å². The first kappa shape index (κ1) is 34.0. The molecule has 2 heterocycles. The van der Waals surface area contributed by atoms with E-state index in [9.17, 15) is 9.18 Å². The molecule has 1 aliphatic rings. The zero-order chi connectivity index (χ0) is 34.2. The maximum atomic E-state index is 14.8. The van der Waals surface area contributed by atoms with E-state index in [1.807, 2.05) is 66.7 Å². The van der Waals surface area contributed by atoms with Crippen molar-refractivity contribution in [3.8, 4) is 0 Å². The van der Waals surface area contributed by atoms with Gasteiger partial charge in [0.1, 0.15) is 17.5 Å². The van der Waals surface area contributed by atoms with Gasteiger partial charge >= 0.3 is 0 Å². The van der Waals surface area contributed by atoms with Crippen LogP contribution >= 0.6 is 0 Å². The van der Waals surface area contributed by atoms with Crippen molar-refractivity contribution in [1.29, 1.82) is 5.41 Å². The topological polar surface area (TPSA) is 126 Å². The smallest absolute Gasteiger partial charge is 0.254 e. The molecule has 1 fully saturated rings.